The van der Waals surface area contributed by atoms with Crippen LogP contribution in [0.2, 0.25) is 0 Å². The molecule has 3 rings (SSSR count). The van der Waals surface area contributed by atoms with E-state index in [-0.39, 0.29) is 11.9 Å². The van der Waals surface area contributed by atoms with Gasteiger partial charge in [0, 0.05) is 32.1 Å². The summed E-state index contributed by atoms with van der Waals surface area (Å²) in [5, 5.41) is 0. The zero-order valence-electron chi connectivity index (χ0n) is 17.3. The number of carbonyl (C=O) groups is 1. The minimum atomic E-state index is 0.0954. The van der Waals surface area contributed by atoms with E-state index in [2.05, 4.69) is 36.4 Å². The lowest BCUT2D eigenvalue weighted by atomic mass is 9.87. The fraction of sp³-hybridized carbons (Fsp3) is 0.435. The Balaban J connectivity index is 2.05. The molecule has 0 aromatic heterocycles. The van der Waals surface area contributed by atoms with Gasteiger partial charge in [-0.2, -0.15) is 0 Å². The molecule has 1 aliphatic rings. The molecule has 1 aliphatic heterocycles. The fourth-order valence-corrected chi connectivity index (χ4v) is 3.98. The Kier molecular flexibility index (Phi) is 6.45. The molecule has 0 bridgehead atoms. The van der Waals surface area contributed by atoms with Crippen molar-refractivity contribution in [2.24, 2.45) is 0 Å². The molecule has 5 nitrogen and oxygen atoms in total. The van der Waals surface area contributed by atoms with E-state index >= 15 is 0 Å². The summed E-state index contributed by atoms with van der Waals surface area (Å²) in [6.07, 6.45) is 0.798. The van der Waals surface area contributed by atoms with Crippen LogP contribution in [0.4, 0.5) is 4.79 Å². The minimum absolute atomic E-state index is 0.0954. The summed E-state index contributed by atoms with van der Waals surface area (Å²) in [5.74, 6) is 1.56. The maximum Gasteiger partial charge on any atom is 0.320 e. The monoisotopic (exact) mass is 382 g/mol. The Hall–Kier alpha value is -2.69. The van der Waals surface area contributed by atoms with Crippen LogP contribution in [0.5, 0.6) is 11.5 Å². The van der Waals surface area contributed by atoms with Crippen molar-refractivity contribution in [2.75, 3.05) is 40.4 Å². The first-order valence-corrected chi connectivity index (χ1v) is 9.96. The van der Waals surface area contributed by atoms with Gasteiger partial charge in [-0.3, -0.25) is 0 Å². The number of urea groups is 1. The fourth-order valence-electron chi connectivity index (χ4n) is 3.98. The molecule has 1 atom stereocenters. The third-order valence-corrected chi connectivity index (χ3v) is 5.58. The molecule has 0 radical (unpaired) electrons. The van der Waals surface area contributed by atoms with Gasteiger partial charge in [0.05, 0.1) is 14.2 Å². The van der Waals surface area contributed by atoms with E-state index in [4.69, 9.17) is 9.47 Å². The number of methoxy groups -OCH3 is 2. The van der Waals surface area contributed by atoms with E-state index in [0.717, 1.165) is 31.0 Å². The highest BCUT2D eigenvalue weighted by atomic mass is 16.5. The van der Waals surface area contributed by atoms with Gasteiger partial charge in [-0.25, -0.2) is 4.79 Å². The predicted octanol–water partition coefficient (Wildman–Crippen LogP) is 4.16. The highest BCUT2D eigenvalue weighted by Crippen LogP contribution is 2.38. The molecule has 0 aliphatic carbocycles. The van der Waals surface area contributed by atoms with Crippen LogP contribution in [0.3, 0.4) is 0 Å². The first kappa shape index (κ1) is 20.1. The molecule has 2 aromatic carbocycles. The molecule has 5 heteroatoms. The smallest absolute Gasteiger partial charge is 0.320 e. The summed E-state index contributed by atoms with van der Waals surface area (Å²) in [5.41, 5.74) is 3.62. The number of hydrogen-bond acceptors (Lipinski definition) is 3. The van der Waals surface area contributed by atoms with Gasteiger partial charge in [0.25, 0.3) is 0 Å². The van der Waals surface area contributed by atoms with Crippen LogP contribution < -0.4 is 9.47 Å². The topological polar surface area (TPSA) is 42.0 Å². The van der Waals surface area contributed by atoms with Crippen molar-refractivity contribution in [3.8, 4) is 11.5 Å². The summed E-state index contributed by atoms with van der Waals surface area (Å²) in [7, 11) is 3.32. The van der Waals surface area contributed by atoms with Gasteiger partial charge in [-0.05, 0) is 49.1 Å². The van der Waals surface area contributed by atoms with Crippen LogP contribution in [0, 0.1) is 0 Å². The summed E-state index contributed by atoms with van der Waals surface area (Å²) >= 11 is 0. The molecule has 0 spiro atoms. The second-order valence-corrected chi connectivity index (χ2v) is 7.02. The molecule has 2 aromatic rings. The van der Waals surface area contributed by atoms with E-state index in [1.165, 1.54) is 16.7 Å². The van der Waals surface area contributed by atoms with E-state index in [1.54, 1.807) is 14.2 Å². The lowest BCUT2D eigenvalue weighted by Crippen LogP contribution is -2.44. The number of ether oxygens (including phenoxy) is 2. The molecular formula is C23H30N2O3. The SMILES string of the molecule is CCN(CC)C(=O)N1CCc2cc(OC)c(OC)cc2C(c2ccccc2)C1. The van der Waals surface area contributed by atoms with Gasteiger partial charge >= 0.3 is 6.03 Å². The predicted molar refractivity (Wildman–Crippen MR) is 111 cm³/mol. The average molecular weight is 383 g/mol. The lowest BCUT2D eigenvalue weighted by molar-refractivity contribution is 0.157. The maximum absolute atomic E-state index is 13.1. The van der Waals surface area contributed by atoms with Gasteiger partial charge in [0.2, 0.25) is 0 Å². The van der Waals surface area contributed by atoms with Crippen LogP contribution in [0.25, 0.3) is 0 Å². The van der Waals surface area contributed by atoms with Crippen molar-refractivity contribution in [3.63, 3.8) is 0 Å². The molecule has 1 unspecified atom stereocenters. The molecule has 28 heavy (non-hydrogen) atoms. The van der Waals surface area contributed by atoms with Crippen LogP contribution in [0.1, 0.15) is 36.5 Å². The van der Waals surface area contributed by atoms with Crippen LogP contribution in [-0.2, 0) is 6.42 Å². The molecular weight excluding hydrogens is 352 g/mol. The maximum atomic E-state index is 13.1. The van der Waals surface area contributed by atoms with E-state index in [9.17, 15) is 4.79 Å². The van der Waals surface area contributed by atoms with Crippen molar-refractivity contribution >= 4 is 6.03 Å². The first-order valence-electron chi connectivity index (χ1n) is 9.96. The number of benzene rings is 2. The second kappa shape index (κ2) is 9.00. The number of hydrogen-bond donors (Lipinski definition) is 0. The van der Waals surface area contributed by atoms with Gasteiger partial charge in [0.15, 0.2) is 11.5 Å². The van der Waals surface area contributed by atoms with Crippen LogP contribution >= 0.6 is 0 Å². The van der Waals surface area contributed by atoms with E-state index in [0.29, 0.717) is 13.1 Å². The highest BCUT2D eigenvalue weighted by molar-refractivity contribution is 5.75. The second-order valence-electron chi connectivity index (χ2n) is 7.02. The number of amides is 2. The third-order valence-electron chi connectivity index (χ3n) is 5.58. The Bertz CT molecular complexity index is 803. The summed E-state index contributed by atoms with van der Waals surface area (Å²) < 4.78 is 11.1. The normalized spacial score (nSPS) is 16.1. The molecule has 0 saturated carbocycles. The van der Waals surface area contributed by atoms with Crippen molar-refractivity contribution in [1.82, 2.24) is 9.80 Å². The van der Waals surface area contributed by atoms with Crippen LogP contribution in [-0.4, -0.2) is 56.2 Å². The first-order chi connectivity index (χ1) is 13.6. The standard InChI is InChI=1S/C23H30N2O3/c1-5-24(6-2)23(26)25-13-12-18-14-21(27-3)22(28-4)15-19(18)20(16-25)17-10-8-7-9-11-17/h7-11,14-15,20H,5-6,12-13,16H2,1-4H3. The van der Waals surface area contributed by atoms with Gasteiger partial charge in [-0.1, -0.05) is 30.3 Å². The summed E-state index contributed by atoms with van der Waals surface area (Å²) in [4.78, 5) is 17.0. The quantitative estimate of drug-likeness (QED) is 0.780. The Morgan fingerprint density at radius 1 is 1.07 bits per heavy atom. The van der Waals surface area contributed by atoms with E-state index in [1.807, 2.05) is 29.7 Å². The molecule has 0 N–H and O–H groups in total. The van der Waals surface area contributed by atoms with Gasteiger partial charge in [-0.15, -0.1) is 0 Å². The van der Waals surface area contributed by atoms with Crippen molar-refractivity contribution in [2.45, 2.75) is 26.2 Å². The number of carbonyl (C=O) groups excluding carboxylic acids is 1. The Morgan fingerprint density at radius 2 is 1.71 bits per heavy atom. The molecule has 0 saturated heterocycles. The number of fused-ring (bicyclic) bond motifs is 1. The highest BCUT2D eigenvalue weighted by Gasteiger charge is 2.30. The number of nitrogens with zero attached hydrogens (tertiary/aromatic N) is 2. The van der Waals surface area contributed by atoms with Gasteiger partial charge < -0.3 is 19.3 Å². The van der Waals surface area contributed by atoms with Crippen molar-refractivity contribution in [1.29, 1.82) is 0 Å². The van der Waals surface area contributed by atoms with Crippen LogP contribution in [0.15, 0.2) is 42.5 Å². The number of rotatable bonds is 5. The minimum Gasteiger partial charge on any atom is -0.493 e. The van der Waals surface area contributed by atoms with E-state index < -0.39 is 0 Å². The largest absolute Gasteiger partial charge is 0.493 e. The zero-order chi connectivity index (χ0) is 20.1. The average Bonchev–Trinajstić information content (AvgIpc) is 2.93. The van der Waals surface area contributed by atoms with Gasteiger partial charge in [0.1, 0.15) is 0 Å². The third kappa shape index (κ3) is 3.93. The zero-order valence-corrected chi connectivity index (χ0v) is 17.3. The molecule has 0 fully saturated rings. The van der Waals surface area contributed by atoms with Crippen molar-refractivity contribution < 1.29 is 14.3 Å². The van der Waals surface area contributed by atoms with Crippen molar-refractivity contribution in [3.05, 3.63) is 59.2 Å². The lowest BCUT2D eigenvalue weighted by Gasteiger charge is -2.30. The Morgan fingerprint density at radius 3 is 2.32 bits per heavy atom. The summed E-state index contributed by atoms with van der Waals surface area (Å²) in [6, 6.07) is 14.7. The molecule has 150 valence electrons. The summed E-state index contributed by atoms with van der Waals surface area (Å²) in [6.45, 7) is 6.84. The molecule has 2 amide bonds. The Labute approximate surface area is 167 Å². The molecule has 1 heterocycles.